The quantitative estimate of drug-likeness (QED) is 0.606. The number of anilines is 2. The van der Waals surface area contributed by atoms with Crippen molar-refractivity contribution < 1.29 is 0 Å². The highest BCUT2D eigenvalue weighted by Gasteiger charge is 2.09. The first-order chi connectivity index (χ1) is 9.79. The van der Waals surface area contributed by atoms with Crippen molar-refractivity contribution in [1.29, 1.82) is 0 Å². The summed E-state index contributed by atoms with van der Waals surface area (Å²) in [6.07, 6.45) is 1.87. The molecule has 3 aromatic carbocycles. The minimum atomic E-state index is 1.13. The summed E-state index contributed by atoms with van der Waals surface area (Å²) in [7, 11) is 0. The second kappa shape index (κ2) is 5.22. The minimum absolute atomic E-state index is 1.13. The van der Waals surface area contributed by atoms with Crippen molar-refractivity contribution in [3.8, 4) is 0 Å². The van der Waals surface area contributed by atoms with Gasteiger partial charge in [0.2, 0.25) is 0 Å². The summed E-state index contributed by atoms with van der Waals surface area (Å²) in [6, 6.07) is 23.2. The molecule has 0 N–H and O–H groups in total. The van der Waals surface area contributed by atoms with Gasteiger partial charge in [-0.15, -0.1) is 0 Å². The molecule has 1 nitrogen and oxygen atoms in total. The van der Waals surface area contributed by atoms with Crippen molar-refractivity contribution in [1.82, 2.24) is 0 Å². The Morgan fingerprint density at radius 2 is 1.45 bits per heavy atom. The van der Waals surface area contributed by atoms with E-state index in [2.05, 4.69) is 66.9 Å². The van der Waals surface area contributed by atoms with Crippen LogP contribution in [-0.4, -0.2) is 0 Å². The van der Waals surface area contributed by atoms with Gasteiger partial charge in [-0.05, 0) is 47.5 Å². The van der Waals surface area contributed by atoms with E-state index in [4.69, 9.17) is 0 Å². The van der Waals surface area contributed by atoms with Crippen molar-refractivity contribution in [3.63, 3.8) is 0 Å². The average molecular weight is 259 g/mol. The third-order valence-electron chi connectivity index (χ3n) is 3.54. The van der Waals surface area contributed by atoms with Gasteiger partial charge in [-0.1, -0.05) is 49.0 Å². The molecule has 3 rings (SSSR count). The average Bonchev–Trinajstić information content (AvgIpc) is 2.49. The Balaban J connectivity index is 2.17. The van der Waals surface area contributed by atoms with Gasteiger partial charge in [0.25, 0.3) is 0 Å². The third-order valence-corrected chi connectivity index (χ3v) is 3.54. The normalized spacial score (nSPS) is 10.4. The predicted octanol–water partition coefficient (Wildman–Crippen LogP) is 5.43. The number of rotatable bonds is 3. The highest BCUT2D eigenvalue weighted by Crippen LogP contribution is 2.31. The van der Waals surface area contributed by atoms with Gasteiger partial charge in [-0.3, -0.25) is 0 Å². The number of nitrogens with zero attached hydrogens (tertiary/aromatic N) is 1. The molecule has 0 unspecified atom stereocenters. The number of fused-ring (bicyclic) bond motifs is 1. The van der Waals surface area contributed by atoms with Gasteiger partial charge in [-0.25, -0.2) is 0 Å². The molecule has 0 radical (unpaired) electrons. The van der Waals surface area contributed by atoms with Crippen LogP contribution < -0.4 is 4.90 Å². The molecule has 0 atom stereocenters. The topological polar surface area (TPSA) is 3.24 Å². The fourth-order valence-electron chi connectivity index (χ4n) is 2.53. The van der Waals surface area contributed by atoms with Crippen molar-refractivity contribution in [2.75, 3.05) is 4.90 Å². The summed E-state index contributed by atoms with van der Waals surface area (Å²) in [5.41, 5.74) is 3.54. The lowest BCUT2D eigenvalue weighted by atomic mass is 10.0. The lowest BCUT2D eigenvalue weighted by Crippen LogP contribution is -2.09. The Kier molecular flexibility index (Phi) is 3.26. The number of aryl methyl sites for hydroxylation is 1. The molecular formula is C19H17N. The maximum atomic E-state index is 3.96. The third kappa shape index (κ3) is 2.19. The van der Waals surface area contributed by atoms with Gasteiger partial charge in [0.05, 0.1) is 0 Å². The lowest BCUT2D eigenvalue weighted by Gasteiger charge is -2.23. The Labute approximate surface area is 119 Å². The minimum Gasteiger partial charge on any atom is -0.317 e. The Morgan fingerprint density at radius 3 is 2.10 bits per heavy atom. The molecule has 0 heterocycles. The molecule has 0 spiro atoms. The van der Waals surface area contributed by atoms with E-state index in [0.29, 0.717) is 0 Å². The van der Waals surface area contributed by atoms with Crippen LogP contribution in [-0.2, 0) is 0 Å². The predicted molar refractivity (Wildman–Crippen MR) is 87.5 cm³/mol. The SMILES string of the molecule is C=CN(c1ccccc1)c1cc2ccccc2cc1C. The summed E-state index contributed by atoms with van der Waals surface area (Å²) in [5.74, 6) is 0. The van der Waals surface area contributed by atoms with Crippen LogP contribution >= 0.6 is 0 Å². The van der Waals surface area contributed by atoms with Gasteiger partial charge < -0.3 is 4.90 Å². The highest BCUT2D eigenvalue weighted by molar-refractivity contribution is 5.89. The van der Waals surface area contributed by atoms with E-state index < -0.39 is 0 Å². The molecule has 0 aliphatic carbocycles. The number of benzene rings is 3. The molecule has 0 amide bonds. The van der Waals surface area contributed by atoms with Gasteiger partial charge in [-0.2, -0.15) is 0 Å². The second-order valence-corrected chi connectivity index (χ2v) is 4.87. The molecule has 0 aliphatic rings. The zero-order valence-electron chi connectivity index (χ0n) is 11.6. The van der Waals surface area contributed by atoms with Crippen LogP contribution in [0.5, 0.6) is 0 Å². The van der Waals surface area contributed by atoms with Crippen molar-refractivity contribution in [3.05, 3.63) is 85.1 Å². The molecule has 0 bridgehead atoms. The van der Waals surface area contributed by atoms with Crippen molar-refractivity contribution in [2.45, 2.75) is 6.92 Å². The van der Waals surface area contributed by atoms with E-state index in [1.54, 1.807) is 0 Å². The van der Waals surface area contributed by atoms with Crippen LogP contribution in [0.1, 0.15) is 5.56 Å². The molecular weight excluding hydrogens is 242 g/mol. The Morgan fingerprint density at radius 1 is 0.850 bits per heavy atom. The highest BCUT2D eigenvalue weighted by atomic mass is 15.1. The summed E-state index contributed by atoms with van der Waals surface area (Å²) in [6.45, 7) is 6.10. The summed E-state index contributed by atoms with van der Waals surface area (Å²) in [4.78, 5) is 2.13. The summed E-state index contributed by atoms with van der Waals surface area (Å²) >= 11 is 0. The van der Waals surface area contributed by atoms with Crippen LogP contribution in [0.15, 0.2) is 79.5 Å². The smallest absolute Gasteiger partial charge is 0.0490 e. The maximum Gasteiger partial charge on any atom is 0.0490 e. The van der Waals surface area contributed by atoms with Crippen molar-refractivity contribution in [2.24, 2.45) is 0 Å². The zero-order valence-corrected chi connectivity index (χ0v) is 11.6. The van der Waals surface area contributed by atoms with Crippen LogP contribution in [0.2, 0.25) is 0 Å². The molecule has 0 saturated heterocycles. The van der Waals surface area contributed by atoms with Gasteiger partial charge in [0.1, 0.15) is 0 Å². The first-order valence-corrected chi connectivity index (χ1v) is 6.76. The second-order valence-electron chi connectivity index (χ2n) is 4.87. The molecule has 98 valence electrons. The first-order valence-electron chi connectivity index (χ1n) is 6.76. The lowest BCUT2D eigenvalue weighted by molar-refractivity contribution is 1.26. The molecule has 20 heavy (non-hydrogen) atoms. The molecule has 0 fully saturated rings. The molecule has 0 aromatic heterocycles. The van der Waals surface area contributed by atoms with Gasteiger partial charge >= 0.3 is 0 Å². The fourth-order valence-corrected chi connectivity index (χ4v) is 2.53. The molecule has 1 heteroatoms. The van der Waals surface area contributed by atoms with Crippen LogP contribution in [0.3, 0.4) is 0 Å². The fraction of sp³-hybridized carbons (Fsp3) is 0.0526. The van der Waals surface area contributed by atoms with E-state index in [0.717, 1.165) is 5.69 Å². The van der Waals surface area contributed by atoms with E-state index in [9.17, 15) is 0 Å². The largest absolute Gasteiger partial charge is 0.317 e. The van der Waals surface area contributed by atoms with Gasteiger partial charge in [0, 0.05) is 17.6 Å². The Hall–Kier alpha value is -2.54. The molecule has 3 aromatic rings. The van der Waals surface area contributed by atoms with E-state index in [1.165, 1.54) is 22.0 Å². The Bertz CT molecular complexity index is 744. The maximum absolute atomic E-state index is 3.96. The van der Waals surface area contributed by atoms with Crippen LogP contribution in [0.4, 0.5) is 11.4 Å². The number of para-hydroxylation sites is 1. The van der Waals surface area contributed by atoms with Crippen LogP contribution in [0, 0.1) is 6.92 Å². The first kappa shape index (κ1) is 12.5. The number of hydrogen-bond acceptors (Lipinski definition) is 1. The zero-order chi connectivity index (χ0) is 13.9. The monoisotopic (exact) mass is 259 g/mol. The van der Waals surface area contributed by atoms with E-state index >= 15 is 0 Å². The van der Waals surface area contributed by atoms with Gasteiger partial charge in [0.15, 0.2) is 0 Å². The van der Waals surface area contributed by atoms with E-state index in [1.807, 2.05) is 24.4 Å². The molecule has 0 aliphatic heterocycles. The summed E-state index contributed by atoms with van der Waals surface area (Å²) < 4.78 is 0. The molecule has 0 saturated carbocycles. The van der Waals surface area contributed by atoms with Crippen LogP contribution in [0.25, 0.3) is 10.8 Å². The standard InChI is InChI=1S/C19H17N/c1-3-20(18-11-5-4-6-12-18)19-14-17-10-8-7-9-16(17)13-15(19)2/h3-14H,1H2,2H3. The van der Waals surface area contributed by atoms with E-state index in [-0.39, 0.29) is 0 Å². The number of hydrogen-bond donors (Lipinski definition) is 0. The van der Waals surface area contributed by atoms with Crippen molar-refractivity contribution >= 4 is 22.1 Å². The summed E-state index contributed by atoms with van der Waals surface area (Å²) in [5, 5.41) is 2.52.